The molecule has 0 spiro atoms. The zero-order chi connectivity index (χ0) is 18.7. The van der Waals surface area contributed by atoms with Crippen LogP contribution in [0.15, 0.2) is 28.7 Å². The maximum Gasteiger partial charge on any atom is 0.407 e. The van der Waals surface area contributed by atoms with Gasteiger partial charge in [0.2, 0.25) is 0 Å². The van der Waals surface area contributed by atoms with Gasteiger partial charge in [0.05, 0.1) is 0 Å². The van der Waals surface area contributed by atoms with E-state index in [0.29, 0.717) is 38.1 Å². The number of ether oxygens (including phenoxy) is 1. The zero-order valence-electron chi connectivity index (χ0n) is 15.6. The molecule has 3 rings (SSSR count). The number of rotatable bonds is 2. The fourth-order valence-corrected chi connectivity index (χ4v) is 3.12. The van der Waals surface area contributed by atoms with Gasteiger partial charge in [-0.1, -0.05) is 24.3 Å². The van der Waals surface area contributed by atoms with Crippen molar-refractivity contribution >= 4 is 18.1 Å². The summed E-state index contributed by atoms with van der Waals surface area (Å²) in [6.07, 6.45) is 9.57. The molecule has 0 radical (unpaired) electrons. The van der Waals surface area contributed by atoms with E-state index in [1.165, 1.54) is 0 Å². The van der Waals surface area contributed by atoms with Crippen molar-refractivity contribution in [2.75, 3.05) is 13.1 Å². The first-order chi connectivity index (χ1) is 12.3. The van der Waals surface area contributed by atoms with E-state index in [-0.39, 0.29) is 11.9 Å². The molecule has 2 aliphatic rings. The second-order valence-corrected chi connectivity index (χ2v) is 7.69. The summed E-state index contributed by atoms with van der Waals surface area (Å²) in [6.45, 7) is 6.68. The molecule has 1 aliphatic heterocycles. The maximum atomic E-state index is 12.7. The highest BCUT2D eigenvalue weighted by Crippen LogP contribution is 2.23. The Morgan fingerprint density at radius 2 is 1.96 bits per heavy atom. The van der Waals surface area contributed by atoms with E-state index in [4.69, 9.17) is 9.15 Å². The number of carbonyl (C=O) groups is 2. The molecule has 1 aromatic rings. The molecule has 26 heavy (non-hydrogen) atoms. The molecule has 0 atom stereocenters. The SMILES string of the molecule is CC(C)(C)OC(=O)NC1CCN(C(=O)c2cc3c(o2)CC=CC=C3)CC1. The Balaban J connectivity index is 1.53. The van der Waals surface area contributed by atoms with E-state index in [1.54, 1.807) is 4.90 Å². The van der Waals surface area contributed by atoms with Crippen molar-refractivity contribution in [2.45, 2.75) is 51.7 Å². The second-order valence-electron chi connectivity index (χ2n) is 7.69. The lowest BCUT2D eigenvalue weighted by Gasteiger charge is -2.32. The van der Waals surface area contributed by atoms with Crippen LogP contribution in [0, 0.1) is 0 Å². The summed E-state index contributed by atoms with van der Waals surface area (Å²) >= 11 is 0. The third-order valence-electron chi connectivity index (χ3n) is 4.38. The summed E-state index contributed by atoms with van der Waals surface area (Å²) < 4.78 is 11.0. The molecule has 0 unspecified atom stereocenters. The third-order valence-corrected chi connectivity index (χ3v) is 4.38. The fraction of sp³-hybridized carbons (Fsp3) is 0.500. The monoisotopic (exact) mass is 358 g/mol. The first-order valence-corrected chi connectivity index (χ1v) is 9.06. The molecular weight excluding hydrogens is 332 g/mol. The lowest BCUT2D eigenvalue weighted by Crippen LogP contribution is -2.47. The minimum atomic E-state index is -0.512. The molecule has 1 aliphatic carbocycles. The Bertz CT molecular complexity index is 731. The Morgan fingerprint density at radius 1 is 1.23 bits per heavy atom. The van der Waals surface area contributed by atoms with Crippen molar-refractivity contribution in [3.05, 3.63) is 41.4 Å². The van der Waals surface area contributed by atoms with Gasteiger partial charge >= 0.3 is 6.09 Å². The number of alkyl carbamates (subject to hydrolysis) is 1. The van der Waals surface area contributed by atoms with Crippen molar-refractivity contribution in [2.24, 2.45) is 0 Å². The molecule has 2 amide bonds. The highest BCUT2D eigenvalue weighted by Gasteiger charge is 2.28. The first kappa shape index (κ1) is 18.3. The van der Waals surface area contributed by atoms with Crippen molar-refractivity contribution < 1.29 is 18.7 Å². The Kier molecular flexibility index (Phi) is 5.20. The van der Waals surface area contributed by atoms with Crippen molar-refractivity contribution in [3.63, 3.8) is 0 Å². The van der Waals surface area contributed by atoms with E-state index in [0.717, 1.165) is 11.3 Å². The van der Waals surface area contributed by atoms with Gasteiger partial charge in [0.1, 0.15) is 11.4 Å². The number of hydrogen-bond donors (Lipinski definition) is 1. The molecule has 1 N–H and O–H groups in total. The lowest BCUT2D eigenvalue weighted by molar-refractivity contribution is 0.0470. The molecule has 0 saturated carbocycles. The molecule has 140 valence electrons. The third kappa shape index (κ3) is 4.56. The maximum absolute atomic E-state index is 12.7. The number of carbonyl (C=O) groups excluding carboxylic acids is 2. The van der Waals surface area contributed by atoms with Crippen molar-refractivity contribution in [3.8, 4) is 0 Å². The van der Waals surface area contributed by atoms with Crippen molar-refractivity contribution in [1.82, 2.24) is 10.2 Å². The van der Waals surface area contributed by atoms with Gasteiger partial charge in [-0.3, -0.25) is 4.79 Å². The van der Waals surface area contributed by atoms with Crippen LogP contribution in [0.25, 0.3) is 6.08 Å². The van der Waals surface area contributed by atoms with Crippen LogP contribution in [0.4, 0.5) is 4.79 Å². The molecule has 1 aromatic heterocycles. The molecule has 0 aromatic carbocycles. The highest BCUT2D eigenvalue weighted by atomic mass is 16.6. The predicted octanol–water partition coefficient (Wildman–Crippen LogP) is 3.53. The minimum Gasteiger partial charge on any atom is -0.455 e. The summed E-state index contributed by atoms with van der Waals surface area (Å²) in [4.78, 5) is 26.3. The number of hydrogen-bond acceptors (Lipinski definition) is 4. The Hall–Kier alpha value is -2.50. The highest BCUT2D eigenvalue weighted by molar-refractivity contribution is 5.92. The normalized spacial score (nSPS) is 17.6. The molecule has 1 saturated heterocycles. The van der Waals surface area contributed by atoms with Gasteiger partial charge in [-0.05, 0) is 39.7 Å². The summed E-state index contributed by atoms with van der Waals surface area (Å²) in [5, 5.41) is 2.88. The Morgan fingerprint density at radius 3 is 2.65 bits per heavy atom. The van der Waals surface area contributed by atoms with E-state index in [1.807, 2.05) is 51.1 Å². The van der Waals surface area contributed by atoms with E-state index in [2.05, 4.69) is 5.32 Å². The summed E-state index contributed by atoms with van der Waals surface area (Å²) in [5.41, 5.74) is 0.446. The van der Waals surface area contributed by atoms with Gasteiger partial charge < -0.3 is 19.4 Å². The van der Waals surface area contributed by atoms with Crippen LogP contribution in [0.3, 0.4) is 0 Å². The number of likely N-dealkylation sites (tertiary alicyclic amines) is 1. The smallest absolute Gasteiger partial charge is 0.407 e. The quantitative estimate of drug-likeness (QED) is 0.878. The van der Waals surface area contributed by atoms with E-state index >= 15 is 0 Å². The standard InChI is InChI=1S/C20H26N2O4/c1-20(2,3)26-19(24)21-15-9-11-22(12-10-15)18(23)17-13-14-7-5-4-6-8-16(14)25-17/h4-7,13,15H,8-12H2,1-3H3,(H,21,24). The lowest BCUT2D eigenvalue weighted by atomic mass is 10.0. The topological polar surface area (TPSA) is 71.8 Å². The number of furan rings is 1. The van der Waals surface area contributed by atoms with Gasteiger partial charge in [-0.2, -0.15) is 0 Å². The van der Waals surface area contributed by atoms with Gasteiger partial charge in [0.25, 0.3) is 5.91 Å². The molecule has 6 nitrogen and oxygen atoms in total. The number of nitrogens with zero attached hydrogens (tertiary/aromatic N) is 1. The van der Waals surface area contributed by atoms with Gasteiger partial charge in [0.15, 0.2) is 5.76 Å². The first-order valence-electron chi connectivity index (χ1n) is 9.06. The van der Waals surface area contributed by atoms with Crippen LogP contribution < -0.4 is 5.32 Å². The molecular formula is C20H26N2O4. The number of allylic oxidation sites excluding steroid dienone is 3. The minimum absolute atomic E-state index is 0.0234. The number of fused-ring (bicyclic) bond motifs is 1. The van der Waals surface area contributed by atoms with Gasteiger partial charge in [-0.15, -0.1) is 0 Å². The molecule has 2 heterocycles. The number of nitrogens with one attached hydrogen (secondary N) is 1. The van der Waals surface area contributed by atoms with E-state index in [9.17, 15) is 9.59 Å². The van der Waals surface area contributed by atoms with Gasteiger partial charge in [-0.25, -0.2) is 4.79 Å². The van der Waals surface area contributed by atoms with Crippen LogP contribution in [0.5, 0.6) is 0 Å². The average molecular weight is 358 g/mol. The second kappa shape index (κ2) is 7.40. The van der Waals surface area contributed by atoms with Crippen molar-refractivity contribution in [1.29, 1.82) is 0 Å². The number of amides is 2. The molecule has 1 fully saturated rings. The molecule has 6 heteroatoms. The van der Waals surface area contributed by atoms with Crippen LogP contribution in [-0.2, 0) is 11.2 Å². The van der Waals surface area contributed by atoms with Gasteiger partial charge in [0, 0.05) is 31.1 Å². The van der Waals surface area contributed by atoms with Crippen LogP contribution in [0.2, 0.25) is 0 Å². The van der Waals surface area contributed by atoms with Crippen LogP contribution in [-0.4, -0.2) is 41.6 Å². The van der Waals surface area contributed by atoms with Crippen LogP contribution >= 0.6 is 0 Å². The zero-order valence-corrected chi connectivity index (χ0v) is 15.6. The fourth-order valence-electron chi connectivity index (χ4n) is 3.12. The summed E-state index contributed by atoms with van der Waals surface area (Å²) in [6, 6.07) is 1.84. The largest absolute Gasteiger partial charge is 0.455 e. The number of piperidine rings is 1. The van der Waals surface area contributed by atoms with Crippen LogP contribution in [0.1, 0.15) is 55.5 Å². The average Bonchev–Trinajstić information content (AvgIpc) is 2.84. The van der Waals surface area contributed by atoms with E-state index < -0.39 is 11.7 Å². The summed E-state index contributed by atoms with van der Waals surface area (Å²) in [5.74, 6) is 1.11. The Labute approximate surface area is 153 Å². The molecule has 0 bridgehead atoms. The summed E-state index contributed by atoms with van der Waals surface area (Å²) in [7, 11) is 0. The predicted molar refractivity (Wildman–Crippen MR) is 98.9 cm³/mol.